The number of amides is 1. The molecule has 0 aliphatic rings. The van der Waals surface area contributed by atoms with Crippen LogP contribution >= 0.6 is 0 Å². The normalized spacial score (nSPS) is 12.2. The van der Waals surface area contributed by atoms with Gasteiger partial charge in [0.25, 0.3) is 5.91 Å². The molecular formula is C25H26N4O2. The second-order valence-electron chi connectivity index (χ2n) is 7.89. The molecule has 2 aromatic carbocycles. The zero-order valence-corrected chi connectivity index (χ0v) is 18.2. The van der Waals surface area contributed by atoms with Gasteiger partial charge in [-0.1, -0.05) is 50.2 Å². The molecule has 0 aliphatic heterocycles. The average molecular weight is 415 g/mol. The topological polar surface area (TPSA) is 69.0 Å². The first-order chi connectivity index (χ1) is 14.9. The number of anilines is 1. The van der Waals surface area contributed by atoms with E-state index in [9.17, 15) is 4.79 Å². The smallest absolute Gasteiger partial charge is 0.266 e. The predicted octanol–water partition coefficient (Wildman–Crippen LogP) is 5.26. The molecule has 0 aliphatic carbocycles. The monoisotopic (exact) mass is 414 g/mol. The molecular weight excluding hydrogens is 388 g/mol. The molecule has 31 heavy (non-hydrogen) atoms. The van der Waals surface area contributed by atoms with Crippen LogP contribution in [-0.2, 0) is 4.79 Å². The minimum Gasteiger partial charge on any atom is -0.481 e. The van der Waals surface area contributed by atoms with Crippen LogP contribution in [0.25, 0.3) is 16.7 Å². The molecule has 1 atom stereocenters. The molecule has 158 valence electrons. The first-order valence-electron chi connectivity index (χ1n) is 10.4. The van der Waals surface area contributed by atoms with E-state index < -0.39 is 6.10 Å². The molecule has 0 saturated carbocycles. The number of nitrogens with one attached hydrogen (secondary N) is 1. The van der Waals surface area contributed by atoms with E-state index in [0.29, 0.717) is 17.6 Å². The van der Waals surface area contributed by atoms with Crippen molar-refractivity contribution in [1.82, 2.24) is 14.8 Å². The lowest BCUT2D eigenvalue weighted by molar-refractivity contribution is -0.122. The van der Waals surface area contributed by atoms with Gasteiger partial charge < -0.3 is 10.1 Å². The largest absolute Gasteiger partial charge is 0.481 e. The fourth-order valence-electron chi connectivity index (χ4n) is 3.47. The third kappa shape index (κ3) is 4.43. The highest BCUT2D eigenvalue weighted by molar-refractivity contribution is 5.93. The lowest BCUT2D eigenvalue weighted by Gasteiger charge is -2.19. The lowest BCUT2D eigenvalue weighted by atomic mass is 10.0. The number of rotatable bonds is 6. The van der Waals surface area contributed by atoms with Gasteiger partial charge in [-0.05, 0) is 49.6 Å². The molecule has 2 aromatic heterocycles. The van der Waals surface area contributed by atoms with E-state index in [1.807, 2.05) is 73.7 Å². The van der Waals surface area contributed by atoms with Crippen LogP contribution in [0.4, 0.5) is 5.82 Å². The average Bonchev–Trinajstić information content (AvgIpc) is 3.13. The van der Waals surface area contributed by atoms with Gasteiger partial charge in [-0.3, -0.25) is 4.79 Å². The van der Waals surface area contributed by atoms with Gasteiger partial charge >= 0.3 is 0 Å². The Kier molecular flexibility index (Phi) is 5.71. The summed E-state index contributed by atoms with van der Waals surface area (Å²) in [7, 11) is 0. The van der Waals surface area contributed by atoms with Gasteiger partial charge in [0.1, 0.15) is 11.6 Å². The van der Waals surface area contributed by atoms with E-state index in [1.165, 1.54) is 0 Å². The van der Waals surface area contributed by atoms with Crippen LogP contribution in [0.5, 0.6) is 5.75 Å². The Morgan fingerprint density at radius 3 is 2.55 bits per heavy atom. The Morgan fingerprint density at radius 2 is 1.74 bits per heavy atom. The summed E-state index contributed by atoms with van der Waals surface area (Å²) in [5.74, 6) is 1.97. The number of aromatic nitrogens is 3. The van der Waals surface area contributed by atoms with Crippen molar-refractivity contribution in [1.29, 1.82) is 0 Å². The van der Waals surface area contributed by atoms with E-state index in [-0.39, 0.29) is 5.91 Å². The number of ether oxygens (including phenoxy) is 1. The quantitative estimate of drug-likeness (QED) is 0.467. The standard InChI is InChI=1S/C25H26N4O2/c1-16(2)20-10-6-8-12-22(20)31-18(4)25(30)27-24-15-17(3)28-29(24)23-14-13-19-9-5-7-11-21(19)26-23/h5-16,18H,1-4H3,(H,27,30). The summed E-state index contributed by atoms with van der Waals surface area (Å²) in [6, 6.07) is 21.4. The van der Waals surface area contributed by atoms with Crippen LogP contribution in [0.15, 0.2) is 66.7 Å². The minimum absolute atomic E-state index is 0.250. The Bertz CT molecular complexity index is 1230. The molecule has 1 unspecified atom stereocenters. The van der Waals surface area contributed by atoms with Gasteiger partial charge in [0.2, 0.25) is 0 Å². The van der Waals surface area contributed by atoms with Crippen LogP contribution in [0, 0.1) is 6.92 Å². The zero-order valence-electron chi connectivity index (χ0n) is 18.2. The number of nitrogens with zero attached hydrogens (tertiary/aromatic N) is 3. The molecule has 0 bridgehead atoms. The maximum Gasteiger partial charge on any atom is 0.266 e. The van der Waals surface area contributed by atoms with Crippen LogP contribution in [-0.4, -0.2) is 26.8 Å². The summed E-state index contributed by atoms with van der Waals surface area (Å²) in [6.07, 6.45) is -0.673. The minimum atomic E-state index is -0.673. The van der Waals surface area contributed by atoms with Crippen molar-refractivity contribution in [2.45, 2.75) is 39.7 Å². The number of hydrogen-bond donors (Lipinski definition) is 1. The Balaban J connectivity index is 1.56. The molecule has 4 aromatic rings. The number of fused-ring (bicyclic) bond motifs is 1. The fraction of sp³-hybridized carbons (Fsp3) is 0.240. The highest BCUT2D eigenvalue weighted by Crippen LogP contribution is 2.27. The zero-order chi connectivity index (χ0) is 22.0. The maximum atomic E-state index is 12.9. The summed E-state index contributed by atoms with van der Waals surface area (Å²) in [5.41, 5.74) is 2.72. The van der Waals surface area contributed by atoms with Crippen molar-refractivity contribution < 1.29 is 9.53 Å². The first kappa shape index (κ1) is 20.6. The summed E-state index contributed by atoms with van der Waals surface area (Å²) >= 11 is 0. The van der Waals surface area contributed by atoms with Gasteiger partial charge in [0.15, 0.2) is 11.9 Å². The number of carbonyl (C=O) groups excluding carboxylic acids is 1. The molecule has 1 N–H and O–H groups in total. The van der Waals surface area contributed by atoms with Gasteiger partial charge in [0, 0.05) is 11.5 Å². The van der Waals surface area contributed by atoms with Crippen molar-refractivity contribution in [3.63, 3.8) is 0 Å². The second kappa shape index (κ2) is 8.60. The van der Waals surface area contributed by atoms with E-state index in [2.05, 4.69) is 29.2 Å². The molecule has 2 heterocycles. The lowest BCUT2D eigenvalue weighted by Crippen LogP contribution is -2.31. The Labute approximate surface area is 181 Å². The molecule has 4 rings (SSSR count). The number of para-hydroxylation sites is 2. The van der Waals surface area contributed by atoms with E-state index in [4.69, 9.17) is 4.74 Å². The van der Waals surface area contributed by atoms with Gasteiger partial charge in [-0.2, -0.15) is 9.78 Å². The molecule has 0 spiro atoms. The number of hydrogen-bond acceptors (Lipinski definition) is 4. The van der Waals surface area contributed by atoms with Crippen molar-refractivity contribution in [2.24, 2.45) is 0 Å². The number of benzene rings is 2. The molecule has 0 fully saturated rings. The predicted molar refractivity (Wildman–Crippen MR) is 123 cm³/mol. The summed E-state index contributed by atoms with van der Waals surface area (Å²) in [6.45, 7) is 7.83. The first-order valence-corrected chi connectivity index (χ1v) is 10.4. The summed E-state index contributed by atoms with van der Waals surface area (Å²) in [4.78, 5) is 17.6. The van der Waals surface area contributed by atoms with Crippen molar-refractivity contribution in [2.75, 3.05) is 5.32 Å². The number of aryl methyl sites for hydroxylation is 1. The van der Waals surface area contributed by atoms with Crippen LogP contribution in [0.1, 0.15) is 37.9 Å². The summed E-state index contributed by atoms with van der Waals surface area (Å²) in [5, 5.41) is 8.51. The van der Waals surface area contributed by atoms with Crippen LogP contribution < -0.4 is 10.1 Å². The van der Waals surface area contributed by atoms with Crippen molar-refractivity contribution in [3.05, 3.63) is 78.0 Å². The van der Waals surface area contributed by atoms with E-state index in [0.717, 1.165) is 27.9 Å². The molecule has 0 saturated heterocycles. The Hall–Kier alpha value is -3.67. The van der Waals surface area contributed by atoms with E-state index in [1.54, 1.807) is 11.6 Å². The molecule has 1 amide bonds. The van der Waals surface area contributed by atoms with Crippen molar-refractivity contribution in [3.8, 4) is 11.6 Å². The third-order valence-corrected chi connectivity index (χ3v) is 5.10. The summed E-state index contributed by atoms with van der Waals surface area (Å²) < 4.78 is 7.64. The third-order valence-electron chi connectivity index (χ3n) is 5.10. The van der Waals surface area contributed by atoms with Gasteiger partial charge in [-0.15, -0.1) is 0 Å². The van der Waals surface area contributed by atoms with Gasteiger partial charge in [-0.25, -0.2) is 4.98 Å². The molecule has 0 radical (unpaired) electrons. The van der Waals surface area contributed by atoms with Crippen LogP contribution in [0.3, 0.4) is 0 Å². The molecule has 6 heteroatoms. The SMILES string of the molecule is Cc1cc(NC(=O)C(C)Oc2ccccc2C(C)C)n(-c2ccc3ccccc3n2)n1. The number of carbonyl (C=O) groups is 1. The second-order valence-corrected chi connectivity index (χ2v) is 7.89. The Morgan fingerprint density at radius 1 is 1.00 bits per heavy atom. The fourth-order valence-corrected chi connectivity index (χ4v) is 3.47. The van der Waals surface area contributed by atoms with E-state index >= 15 is 0 Å². The number of pyridine rings is 1. The highest BCUT2D eigenvalue weighted by atomic mass is 16.5. The maximum absolute atomic E-state index is 12.9. The molecule has 6 nitrogen and oxygen atoms in total. The van der Waals surface area contributed by atoms with Gasteiger partial charge in [0.05, 0.1) is 11.2 Å². The van der Waals surface area contributed by atoms with Crippen LogP contribution in [0.2, 0.25) is 0 Å². The van der Waals surface area contributed by atoms with Crippen molar-refractivity contribution >= 4 is 22.6 Å². The highest BCUT2D eigenvalue weighted by Gasteiger charge is 2.20.